The third kappa shape index (κ3) is 5.88. The number of nitrogens with one attached hydrogen (secondary N) is 1. The summed E-state index contributed by atoms with van der Waals surface area (Å²) in [4.78, 5) is 19.3. The lowest BCUT2D eigenvalue weighted by atomic mass is 10.1. The molecule has 4 rings (SSSR count). The molecule has 32 heavy (non-hydrogen) atoms. The van der Waals surface area contributed by atoms with Gasteiger partial charge in [-0.1, -0.05) is 48.5 Å². The fourth-order valence-corrected chi connectivity index (χ4v) is 3.76. The van der Waals surface area contributed by atoms with Crippen LogP contribution < -0.4 is 10.1 Å². The van der Waals surface area contributed by atoms with Gasteiger partial charge in [-0.15, -0.1) is 0 Å². The number of pyridine rings is 1. The largest absolute Gasteiger partial charge is 0.489 e. The van der Waals surface area contributed by atoms with E-state index in [0.29, 0.717) is 12.5 Å². The first-order valence-electron chi connectivity index (χ1n) is 11.3. The Hall–Kier alpha value is -3.34. The van der Waals surface area contributed by atoms with Crippen LogP contribution in [0.2, 0.25) is 0 Å². The topological polar surface area (TPSA) is 54.5 Å². The van der Waals surface area contributed by atoms with Gasteiger partial charge in [0.1, 0.15) is 12.4 Å². The number of rotatable bonds is 9. The van der Waals surface area contributed by atoms with Gasteiger partial charge in [0.15, 0.2) is 0 Å². The van der Waals surface area contributed by atoms with Crippen LogP contribution in [0.25, 0.3) is 0 Å². The van der Waals surface area contributed by atoms with E-state index in [-0.39, 0.29) is 18.1 Å². The van der Waals surface area contributed by atoms with Gasteiger partial charge in [-0.3, -0.25) is 4.98 Å². The van der Waals surface area contributed by atoms with Crippen molar-refractivity contribution in [3.8, 4) is 5.75 Å². The van der Waals surface area contributed by atoms with Crippen molar-refractivity contribution < 1.29 is 9.53 Å². The van der Waals surface area contributed by atoms with Gasteiger partial charge in [-0.25, -0.2) is 4.79 Å². The molecule has 1 heterocycles. The Morgan fingerprint density at radius 1 is 1.03 bits per heavy atom. The van der Waals surface area contributed by atoms with Crippen LogP contribution in [0.1, 0.15) is 55.5 Å². The molecule has 0 radical (unpaired) electrons. The van der Waals surface area contributed by atoms with Crippen LogP contribution in [-0.2, 0) is 6.61 Å². The Morgan fingerprint density at radius 3 is 2.44 bits per heavy atom. The summed E-state index contributed by atoms with van der Waals surface area (Å²) in [5, 5.41) is 3.20. The number of carbonyl (C=O) groups excluding carboxylic acids is 1. The van der Waals surface area contributed by atoms with Crippen molar-refractivity contribution in [2.24, 2.45) is 5.92 Å². The molecule has 5 heteroatoms. The lowest BCUT2D eigenvalue weighted by Gasteiger charge is -2.31. The second-order valence-corrected chi connectivity index (χ2v) is 8.57. The second kappa shape index (κ2) is 10.3. The molecule has 2 unspecified atom stereocenters. The molecule has 1 saturated carbocycles. The predicted molar refractivity (Wildman–Crippen MR) is 126 cm³/mol. The number of amides is 2. The first-order chi connectivity index (χ1) is 15.6. The molecule has 1 N–H and O–H groups in total. The van der Waals surface area contributed by atoms with Gasteiger partial charge < -0.3 is 15.0 Å². The lowest BCUT2D eigenvalue weighted by molar-refractivity contribution is 0.172. The molecule has 5 nitrogen and oxygen atoms in total. The molecule has 1 aromatic heterocycles. The number of aromatic nitrogens is 1. The predicted octanol–water partition coefficient (Wildman–Crippen LogP) is 5.90. The highest BCUT2D eigenvalue weighted by molar-refractivity contribution is 5.75. The molecule has 0 spiro atoms. The third-order valence-corrected chi connectivity index (χ3v) is 6.01. The summed E-state index contributed by atoms with van der Waals surface area (Å²) in [6, 6.07) is 22.0. The Labute approximate surface area is 190 Å². The molecule has 2 amide bonds. The molecule has 1 fully saturated rings. The van der Waals surface area contributed by atoms with Crippen molar-refractivity contribution in [2.75, 3.05) is 6.54 Å². The Morgan fingerprint density at radius 2 is 1.78 bits per heavy atom. The summed E-state index contributed by atoms with van der Waals surface area (Å²) in [6.45, 7) is 5.41. The lowest BCUT2D eigenvalue weighted by Crippen LogP contribution is -2.43. The van der Waals surface area contributed by atoms with Gasteiger partial charge in [-0.2, -0.15) is 0 Å². The first-order valence-corrected chi connectivity index (χ1v) is 11.3. The zero-order valence-corrected chi connectivity index (χ0v) is 18.8. The second-order valence-electron chi connectivity index (χ2n) is 8.57. The summed E-state index contributed by atoms with van der Waals surface area (Å²) >= 11 is 0. The SMILES string of the molecule is CC(NC(=O)N(CC1CC1)C(C)c1ccccc1)c1ccc(OCc2cccnc2)cc1. The van der Waals surface area contributed by atoms with E-state index in [1.807, 2.05) is 66.4 Å². The minimum atomic E-state index is -0.0976. The number of carbonyl (C=O) groups is 1. The number of benzene rings is 2. The normalized spacial score (nSPS) is 14.9. The number of nitrogens with zero attached hydrogens (tertiary/aromatic N) is 2. The quantitative estimate of drug-likeness (QED) is 0.460. The number of hydrogen-bond donors (Lipinski definition) is 1. The van der Waals surface area contributed by atoms with Crippen LogP contribution in [0, 0.1) is 5.92 Å². The van der Waals surface area contributed by atoms with Crippen LogP contribution in [0.15, 0.2) is 79.1 Å². The van der Waals surface area contributed by atoms with E-state index in [2.05, 4.69) is 29.4 Å². The smallest absolute Gasteiger partial charge is 0.318 e. The fraction of sp³-hybridized carbons (Fsp3) is 0.333. The Balaban J connectivity index is 1.36. The van der Waals surface area contributed by atoms with E-state index < -0.39 is 0 Å². The van der Waals surface area contributed by atoms with Crippen molar-refractivity contribution in [2.45, 2.75) is 45.4 Å². The van der Waals surface area contributed by atoms with E-state index in [0.717, 1.165) is 29.0 Å². The van der Waals surface area contributed by atoms with E-state index in [9.17, 15) is 4.79 Å². The molecule has 1 aliphatic carbocycles. The van der Waals surface area contributed by atoms with Crippen molar-refractivity contribution in [3.05, 3.63) is 95.8 Å². The van der Waals surface area contributed by atoms with Gasteiger partial charge in [0.2, 0.25) is 0 Å². The fourth-order valence-electron chi connectivity index (χ4n) is 3.76. The molecule has 0 aliphatic heterocycles. The Kier molecular flexibility index (Phi) is 7.05. The highest BCUT2D eigenvalue weighted by atomic mass is 16.5. The Bertz CT molecular complexity index is 988. The molecule has 1 aliphatic rings. The maximum Gasteiger partial charge on any atom is 0.318 e. The summed E-state index contributed by atoms with van der Waals surface area (Å²) in [6.07, 6.45) is 5.97. The van der Waals surface area contributed by atoms with E-state index in [1.165, 1.54) is 12.8 Å². The van der Waals surface area contributed by atoms with E-state index >= 15 is 0 Å². The van der Waals surface area contributed by atoms with Crippen molar-refractivity contribution >= 4 is 6.03 Å². The molecule has 2 aromatic carbocycles. The zero-order valence-electron chi connectivity index (χ0n) is 18.8. The average Bonchev–Trinajstić information content (AvgIpc) is 3.66. The maximum atomic E-state index is 13.2. The van der Waals surface area contributed by atoms with Gasteiger partial charge in [0.25, 0.3) is 0 Å². The summed E-state index contributed by atoms with van der Waals surface area (Å²) in [5.41, 5.74) is 3.23. The van der Waals surface area contributed by atoms with Crippen LogP contribution in [0.4, 0.5) is 4.79 Å². The molecule has 3 aromatic rings. The van der Waals surface area contributed by atoms with E-state index in [1.54, 1.807) is 12.4 Å². The minimum absolute atomic E-state index is 0.0161. The zero-order chi connectivity index (χ0) is 22.3. The number of ether oxygens (including phenoxy) is 1. The average molecular weight is 430 g/mol. The number of urea groups is 1. The molecular weight excluding hydrogens is 398 g/mol. The van der Waals surface area contributed by atoms with Crippen LogP contribution in [-0.4, -0.2) is 22.5 Å². The van der Waals surface area contributed by atoms with E-state index in [4.69, 9.17) is 4.74 Å². The van der Waals surface area contributed by atoms with Gasteiger partial charge in [0.05, 0.1) is 12.1 Å². The standard InChI is InChI=1S/C27H31N3O2/c1-20(24-12-14-26(15-13-24)32-19-23-7-6-16-28-17-23)29-27(31)30(18-22-10-11-22)21(2)25-8-4-3-5-9-25/h3-9,12-17,20-22H,10-11,18-19H2,1-2H3,(H,29,31). The van der Waals surface area contributed by atoms with Crippen molar-refractivity contribution in [3.63, 3.8) is 0 Å². The van der Waals surface area contributed by atoms with Crippen molar-refractivity contribution in [1.29, 1.82) is 0 Å². The first kappa shape index (κ1) is 21.9. The van der Waals surface area contributed by atoms with Gasteiger partial charge in [-0.05, 0) is 61.9 Å². The van der Waals surface area contributed by atoms with Crippen molar-refractivity contribution in [1.82, 2.24) is 15.2 Å². The molecule has 2 atom stereocenters. The summed E-state index contributed by atoms with van der Waals surface area (Å²) in [7, 11) is 0. The highest BCUT2D eigenvalue weighted by Crippen LogP contribution is 2.33. The molecule has 166 valence electrons. The maximum absolute atomic E-state index is 13.2. The van der Waals surface area contributed by atoms with Crippen LogP contribution in [0.5, 0.6) is 5.75 Å². The monoisotopic (exact) mass is 429 g/mol. The molecule has 0 bridgehead atoms. The highest BCUT2D eigenvalue weighted by Gasteiger charge is 2.30. The van der Waals surface area contributed by atoms with Crippen LogP contribution >= 0.6 is 0 Å². The number of hydrogen-bond acceptors (Lipinski definition) is 3. The summed E-state index contributed by atoms with van der Waals surface area (Å²) < 4.78 is 5.84. The van der Waals surface area contributed by atoms with Gasteiger partial charge >= 0.3 is 6.03 Å². The summed E-state index contributed by atoms with van der Waals surface area (Å²) in [5.74, 6) is 1.42. The van der Waals surface area contributed by atoms with Crippen LogP contribution in [0.3, 0.4) is 0 Å². The molecular formula is C27H31N3O2. The molecule has 0 saturated heterocycles. The third-order valence-electron chi connectivity index (χ3n) is 6.01. The minimum Gasteiger partial charge on any atom is -0.489 e. The van der Waals surface area contributed by atoms with Gasteiger partial charge in [0, 0.05) is 24.5 Å².